The number of hydrogen-bond donors (Lipinski definition) is 3. The van der Waals surface area contributed by atoms with Crippen molar-refractivity contribution in [2.75, 3.05) is 0 Å². The summed E-state index contributed by atoms with van der Waals surface area (Å²) in [5, 5.41) is 24.7. The SMILES string of the molecule is O=C(N/N=C/c1cc(Br)c(O)c(Br)c1O)c1sc2ccccc2c1Cl. The number of aromatic hydroxyl groups is 2. The molecule has 128 valence electrons. The standard InChI is InChI=1S/C16H9Br2ClN2O3S/c17-9-5-7(13(22)11(18)14(9)23)6-20-21-16(24)15-12(19)8-3-1-2-4-10(8)25-15/h1-6,22-23H,(H,21,24)/b20-6+. The number of halogens is 3. The summed E-state index contributed by atoms with van der Waals surface area (Å²) >= 11 is 13.8. The Morgan fingerprint density at radius 1 is 1.24 bits per heavy atom. The summed E-state index contributed by atoms with van der Waals surface area (Å²) in [5.41, 5.74) is 2.69. The second kappa shape index (κ2) is 7.33. The minimum atomic E-state index is -0.446. The number of hydrazone groups is 1. The molecule has 3 aromatic rings. The molecule has 5 nitrogen and oxygen atoms in total. The van der Waals surface area contributed by atoms with Crippen molar-refractivity contribution in [1.29, 1.82) is 0 Å². The van der Waals surface area contributed by atoms with Gasteiger partial charge in [-0.25, -0.2) is 5.43 Å². The molecule has 0 unspecified atom stereocenters. The topological polar surface area (TPSA) is 81.9 Å². The van der Waals surface area contributed by atoms with Crippen LogP contribution in [0.25, 0.3) is 10.1 Å². The number of nitrogens with zero attached hydrogens (tertiary/aromatic N) is 1. The fourth-order valence-corrected chi connectivity index (χ4v) is 4.65. The van der Waals surface area contributed by atoms with E-state index >= 15 is 0 Å². The van der Waals surface area contributed by atoms with E-state index in [2.05, 4.69) is 42.4 Å². The third-order valence-corrected chi connectivity index (χ3v) is 6.34. The van der Waals surface area contributed by atoms with E-state index in [4.69, 9.17) is 11.6 Å². The molecule has 0 saturated carbocycles. The average Bonchev–Trinajstić information content (AvgIpc) is 2.94. The van der Waals surface area contributed by atoms with Gasteiger partial charge in [0.2, 0.25) is 0 Å². The summed E-state index contributed by atoms with van der Waals surface area (Å²) in [6.45, 7) is 0. The highest BCUT2D eigenvalue weighted by atomic mass is 79.9. The summed E-state index contributed by atoms with van der Waals surface area (Å²) in [5.74, 6) is -0.770. The zero-order valence-corrected chi connectivity index (χ0v) is 17.0. The quantitative estimate of drug-likeness (QED) is 0.336. The molecule has 9 heteroatoms. The van der Waals surface area contributed by atoms with Gasteiger partial charge in [-0.15, -0.1) is 11.3 Å². The molecule has 1 amide bonds. The van der Waals surface area contributed by atoms with E-state index in [0.29, 0.717) is 19.9 Å². The molecule has 0 fully saturated rings. The van der Waals surface area contributed by atoms with Gasteiger partial charge in [0.1, 0.15) is 20.8 Å². The van der Waals surface area contributed by atoms with Crippen molar-refractivity contribution in [3.63, 3.8) is 0 Å². The summed E-state index contributed by atoms with van der Waals surface area (Å²) in [6, 6.07) is 8.92. The van der Waals surface area contributed by atoms with Crippen LogP contribution in [-0.4, -0.2) is 22.3 Å². The van der Waals surface area contributed by atoms with Gasteiger partial charge >= 0.3 is 0 Å². The second-order valence-electron chi connectivity index (χ2n) is 4.90. The first-order valence-corrected chi connectivity index (χ1v) is 9.58. The highest BCUT2D eigenvalue weighted by Gasteiger charge is 2.17. The number of thiophene rings is 1. The minimum Gasteiger partial charge on any atom is -0.506 e. The van der Waals surface area contributed by atoms with Crippen LogP contribution in [0.1, 0.15) is 15.2 Å². The fourth-order valence-electron chi connectivity index (χ4n) is 2.09. The molecule has 0 radical (unpaired) electrons. The number of fused-ring (bicyclic) bond motifs is 1. The van der Waals surface area contributed by atoms with Gasteiger partial charge < -0.3 is 10.2 Å². The smallest absolute Gasteiger partial charge is 0.283 e. The van der Waals surface area contributed by atoms with Crippen LogP contribution in [0.3, 0.4) is 0 Å². The summed E-state index contributed by atoms with van der Waals surface area (Å²) < 4.78 is 1.41. The van der Waals surface area contributed by atoms with Gasteiger partial charge in [-0.3, -0.25) is 4.79 Å². The van der Waals surface area contributed by atoms with Gasteiger partial charge in [-0.2, -0.15) is 5.10 Å². The fraction of sp³-hybridized carbons (Fsp3) is 0. The van der Waals surface area contributed by atoms with Crippen LogP contribution in [-0.2, 0) is 0 Å². The molecular formula is C16H9Br2ClN2O3S. The number of rotatable bonds is 3. The van der Waals surface area contributed by atoms with E-state index in [9.17, 15) is 15.0 Å². The molecule has 0 spiro atoms. The van der Waals surface area contributed by atoms with Crippen LogP contribution >= 0.6 is 54.8 Å². The first-order valence-electron chi connectivity index (χ1n) is 6.80. The number of benzene rings is 2. The Morgan fingerprint density at radius 3 is 2.68 bits per heavy atom. The van der Waals surface area contributed by atoms with Gasteiger partial charge in [0.25, 0.3) is 5.91 Å². The second-order valence-corrected chi connectivity index (χ2v) is 7.98. The van der Waals surface area contributed by atoms with Crippen LogP contribution in [0.15, 0.2) is 44.4 Å². The van der Waals surface area contributed by atoms with Crippen molar-refractivity contribution in [3.05, 3.63) is 54.7 Å². The van der Waals surface area contributed by atoms with Crippen LogP contribution < -0.4 is 5.43 Å². The Labute approximate surface area is 168 Å². The van der Waals surface area contributed by atoms with Gasteiger partial charge in [-0.1, -0.05) is 29.8 Å². The maximum atomic E-state index is 12.3. The molecule has 0 aliphatic carbocycles. The lowest BCUT2D eigenvalue weighted by atomic mass is 10.2. The Balaban J connectivity index is 1.82. The first kappa shape index (κ1) is 18.2. The zero-order chi connectivity index (χ0) is 18.1. The Hall–Kier alpha value is -1.61. The molecule has 0 aliphatic rings. The van der Waals surface area contributed by atoms with E-state index in [1.54, 1.807) is 0 Å². The van der Waals surface area contributed by atoms with Gasteiger partial charge in [-0.05, 0) is 44.0 Å². The Bertz CT molecular complexity index is 1020. The molecule has 0 bridgehead atoms. The van der Waals surface area contributed by atoms with Crippen molar-refractivity contribution in [3.8, 4) is 11.5 Å². The van der Waals surface area contributed by atoms with E-state index in [1.165, 1.54) is 23.6 Å². The first-order chi connectivity index (χ1) is 11.9. The average molecular weight is 505 g/mol. The number of carbonyl (C=O) groups is 1. The third-order valence-electron chi connectivity index (χ3n) is 3.31. The van der Waals surface area contributed by atoms with Crippen molar-refractivity contribution in [2.45, 2.75) is 0 Å². The van der Waals surface area contributed by atoms with E-state index in [0.717, 1.165) is 10.1 Å². The van der Waals surface area contributed by atoms with E-state index < -0.39 is 5.91 Å². The summed E-state index contributed by atoms with van der Waals surface area (Å²) in [4.78, 5) is 12.6. The lowest BCUT2D eigenvalue weighted by Gasteiger charge is -2.06. The van der Waals surface area contributed by atoms with Gasteiger partial charge in [0.05, 0.1) is 15.7 Å². The molecule has 0 aliphatic heterocycles. The molecule has 1 heterocycles. The van der Waals surface area contributed by atoms with Gasteiger partial charge in [0, 0.05) is 15.6 Å². The molecule has 3 N–H and O–H groups in total. The highest BCUT2D eigenvalue weighted by molar-refractivity contribution is 9.11. The predicted octanol–water partition coefficient (Wildman–Crippen LogP) is 5.25. The monoisotopic (exact) mass is 502 g/mol. The Kier molecular flexibility index (Phi) is 5.33. The minimum absolute atomic E-state index is 0.127. The number of phenols is 2. The molecule has 1 aromatic heterocycles. The van der Waals surface area contributed by atoms with Gasteiger partial charge in [0.15, 0.2) is 0 Å². The van der Waals surface area contributed by atoms with E-state index in [1.807, 2.05) is 24.3 Å². The highest BCUT2D eigenvalue weighted by Crippen LogP contribution is 2.40. The largest absolute Gasteiger partial charge is 0.506 e. The van der Waals surface area contributed by atoms with Crippen LogP contribution in [0, 0.1) is 0 Å². The van der Waals surface area contributed by atoms with Crippen LogP contribution in [0.2, 0.25) is 5.02 Å². The lowest BCUT2D eigenvalue weighted by Crippen LogP contribution is -2.16. The molecule has 2 aromatic carbocycles. The maximum Gasteiger partial charge on any atom is 0.283 e. The summed E-state index contributed by atoms with van der Waals surface area (Å²) in [7, 11) is 0. The van der Waals surface area contributed by atoms with Crippen molar-refractivity contribution >= 4 is 77.0 Å². The number of phenolic OH excluding ortho intramolecular Hbond substituents is 2. The molecule has 0 atom stereocenters. The van der Waals surface area contributed by atoms with Crippen molar-refractivity contribution < 1.29 is 15.0 Å². The normalized spacial score (nSPS) is 11.3. The predicted molar refractivity (Wildman–Crippen MR) is 107 cm³/mol. The Morgan fingerprint density at radius 2 is 1.96 bits per heavy atom. The zero-order valence-electron chi connectivity index (χ0n) is 12.3. The molecule has 0 saturated heterocycles. The molecule has 25 heavy (non-hydrogen) atoms. The number of nitrogens with one attached hydrogen (secondary N) is 1. The lowest BCUT2D eigenvalue weighted by molar-refractivity contribution is 0.0959. The number of carbonyl (C=O) groups excluding carboxylic acids is 1. The van der Waals surface area contributed by atoms with Crippen molar-refractivity contribution in [2.24, 2.45) is 5.10 Å². The molecule has 3 rings (SSSR count). The number of hydrogen-bond acceptors (Lipinski definition) is 5. The summed E-state index contributed by atoms with van der Waals surface area (Å²) in [6.07, 6.45) is 1.27. The van der Waals surface area contributed by atoms with Crippen LogP contribution in [0.4, 0.5) is 0 Å². The van der Waals surface area contributed by atoms with Crippen LogP contribution in [0.5, 0.6) is 11.5 Å². The maximum absolute atomic E-state index is 12.3. The molecular weight excluding hydrogens is 496 g/mol. The number of amides is 1. The third kappa shape index (κ3) is 3.52. The van der Waals surface area contributed by atoms with E-state index in [-0.39, 0.29) is 16.0 Å². The van der Waals surface area contributed by atoms with Crippen molar-refractivity contribution in [1.82, 2.24) is 5.43 Å².